The first kappa shape index (κ1) is 14.3. The first-order chi connectivity index (χ1) is 10.1. The van der Waals surface area contributed by atoms with Crippen LogP contribution in [0, 0.1) is 11.8 Å². The summed E-state index contributed by atoms with van der Waals surface area (Å²) in [6, 6.07) is 5.43. The predicted molar refractivity (Wildman–Crippen MR) is 83.8 cm³/mol. The molecule has 3 rings (SSSR count). The van der Waals surface area contributed by atoms with Crippen molar-refractivity contribution in [1.82, 2.24) is 20.2 Å². The second-order valence-electron chi connectivity index (χ2n) is 6.05. The van der Waals surface area contributed by atoms with Gasteiger partial charge in [-0.1, -0.05) is 31.4 Å². The van der Waals surface area contributed by atoms with Crippen molar-refractivity contribution in [3.05, 3.63) is 23.2 Å². The molecule has 1 saturated carbocycles. The van der Waals surface area contributed by atoms with Crippen molar-refractivity contribution >= 4 is 17.3 Å². The summed E-state index contributed by atoms with van der Waals surface area (Å²) < 4.78 is 1.87. The zero-order valence-corrected chi connectivity index (χ0v) is 12.9. The summed E-state index contributed by atoms with van der Waals surface area (Å²) >= 11 is 6.27. The van der Waals surface area contributed by atoms with Crippen LogP contribution in [-0.2, 0) is 6.54 Å². The van der Waals surface area contributed by atoms with E-state index in [-0.39, 0.29) is 0 Å². The van der Waals surface area contributed by atoms with E-state index in [0.29, 0.717) is 16.6 Å². The van der Waals surface area contributed by atoms with Gasteiger partial charge in [-0.2, -0.15) is 0 Å². The highest BCUT2D eigenvalue weighted by molar-refractivity contribution is 6.33. The largest absolute Gasteiger partial charge is 0.399 e. The molecule has 1 aliphatic carbocycles. The Morgan fingerprint density at radius 3 is 2.76 bits per heavy atom. The number of nitrogen functional groups attached to an aromatic ring is 1. The summed E-state index contributed by atoms with van der Waals surface area (Å²) in [5.74, 6) is 2.22. The highest BCUT2D eigenvalue weighted by Gasteiger charge is 2.21. The fourth-order valence-electron chi connectivity index (χ4n) is 2.99. The third-order valence-corrected chi connectivity index (χ3v) is 4.65. The second-order valence-corrected chi connectivity index (χ2v) is 6.46. The van der Waals surface area contributed by atoms with E-state index in [1.54, 1.807) is 6.07 Å². The molecule has 6 heteroatoms. The SMILES string of the molecule is CC1CCC(Cn2nnnc2-c2ccc(N)cc2Cl)CC1. The zero-order valence-electron chi connectivity index (χ0n) is 12.2. The highest BCUT2D eigenvalue weighted by atomic mass is 35.5. The van der Waals surface area contributed by atoms with Crippen molar-refractivity contribution in [2.45, 2.75) is 39.2 Å². The molecule has 0 spiro atoms. The third-order valence-electron chi connectivity index (χ3n) is 4.33. The van der Waals surface area contributed by atoms with Crippen molar-refractivity contribution in [2.75, 3.05) is 5.73 Å². The molecule has 0 unspecified atom stereocenters. The van der Waals surface area contributed by atoms with Crippen LogP contribution in [0.5, 0.6) is 0 Å². The Morgan fingerprint density at radius 1 is 1.29 bits per heavy atom. The number of tetrazole rings is 1. The van der Waals surface area contributed by atoms with E-state index < -0.39 is 0 Å². The Morgan fingerprint density at radius 2 is 2.05 bits per heavy atom. The van der Waals surface area contributed by atoms with Crippen molar-refractivity contribution in [2.24, 2.45) is 11.8 Å². The zero-order chi connectivity index (χ0) is 14.8. The first-order valence-electron chi connectivity index (χ1n) is 7.45. The lowest BCUT2D eigenvalue weighted by Crippen LogP contribution is -2.19. The lowest BCUT2D eigenvalue weighted by atomic mass is 9.83. The van der Waals surface area contributed by atoms with Gasteiger partial charge in [0.15, 0.2) is 5.82 Å². The number of halogens is 1. The van der Waals surface area contributed by atoms with Crippen LogP contribution in [0.25, 0.3) is 11.4 Å². The molecule has 1 aromatic heterocycles. The molecule has 0 atom stereocenters. The van der Waals surface area contributed by atoms with E-state index in [2.05, 4.69) is 22.4 Å². The molecule has 2 aromatic rings. The topological polar surface area (TPSA) is 69.6 Å². The van der Waals surface area contributed by atoms with Crippen molar-refractivity contribution in [3.8, 4) is 11.4 Å². The van der Waals surface area contributed by atoms with Crippen LogP contribution in [-0.4, -0.2) is 20.2 Å². The minimum atomic E-state index is 0.586. The maximum atomic E-state index is 6.27. The molecule has 1 heterocycles. The van der Waals surface area contributed by atoms with E-state index in [0.717, 1.165) is 23.9 Å². The highest BCUT2D eigenvalue weighted by Crippen LogP contribution is 2.31. The van der Waals surface area contributed by atoms with Gasteiger partial charge in [-0.15, -0.1) is 5.10 Å². The van der Waals surface area contributed by atoms with Crippen LogP contribution < -0.4 is 5.73 Å². The van der Waals surface area contributed by atoms with Gasteiger partial charge in [-0.3, -0.25) is 0 Å². The number of aromatic nitrogens is 4. The molecule has 2 N–H and O–H groups in total. The van der Waals surface area contributed by atoms with Gasteiger partial charge in [-0.05, 0) is 53.3 Å². The maximum absolute atomic E-state index is 6.27. The van der Waals surface area contributed by atoms with Gasteiger partial charge < -0.3 is 5.73 Å². The molecular weight excluding hydrogens is 286 g/mol. The standard InChI is InChI=1S/C15H20ClN5/c1-10-2-4-11(5-3-10)9-21-15(18-19-20-21)13-7-6-12(17)8-14(13)16/h6-8,10-11H,2-5,9,17H2,1H3. The predicted octanol–water partition coefficient (Wildman–Crippen LogP) is 3.40. The van der Waals surface area contributed by atoms with Gasteiger partial charge in [0.1, 0.15) is 0 Å². The third kappa shape index (κ3) is 3.18. The minimum absolute atomic E-state index is 0.586. The summed E-state index contributed by atoms with van der Waals surface area (Å²) in [7, 11) is 0. The van der Waals surface area contributed by atoms with Gasteiger partial charge in [0.2, 0.25) is 0 Å². The van der Waals surface area contributed by atoms with Crippen molar-refractivity contribution < 1.29 is 0 Å². The summed E-state index contributed by atoms with van der Waals surface area (Å²) in [6.45, 7) is 3.18. The lowest BCUT2D eigenvalue weighted by molar-refractivity contribution is 0.257. The average Bonchev–Trinajstić information content (AvgIpc) is 2.89. The Hall–Kier alpha value is -1.62. The van der Waals surface area contributed by atoms with E-state index in [1.165, 1.54) is 25.7 Å². The van der Waals surface area contributed by atoms with Gasteiger partial charge in [0.05, 0.1) is 5.02 Å². The molecule has 1 aromatic carbocycles. The van der Waals surface area contributed by atoms with Crippen LogP contribution in [0.2, 0.25) is 5.02 Å². The summed E-state index contributed by atoms with van der Waals surface area (Å²) in [5.41, 5.74) is 7.21. The first-order valence-corrected chi connectivity index (χ1v) is 7.83. The van der Waals surface area contributed by atoms with E-state index in [1.807, 2.05) is 16.8 Å². The number of hydrogen-bond donors (Lipinski definition) is 1. The van der Waals surface area contributed by atoms with Gasteiger partial charge in [0, 0.05) is 17.8 Å². The number of rotatable bonds is 3. The molecule has 21 heavy (non-hydrogen) atoms. The van der Waals surface area contributed by atoms with Crippen molar-refractivity contribution in [3.63, 3.8) is 0 Å². The molecular formula is C15H20ClN5. The fourth-order valence-corrected chi connectivity index (χ4v) is 3.26. The molecule has 0 radical (unpaired) electrons. The van der Waals surface area contributed by atoms with Crippen LogP contribution in [0.1, 0.15) is 32.6 Å². The van der Waals surface area contributed by atoms with Gasteiger partial charge in [0.25, 0.3) is 0 Å². The maximum Gasteiger partial charge on any atom is 0.183 e. The van der Waals surface area contributed by atoms with E-state index in [9.17, 15) is 0 Å². The normalized spacial score (nSPS) is 22.4. The molecule has 1 fully saturated rings. The van der Waals surface area contributed by atoms with Crippen LogP contribution >= 0.6 is 11.6 Å². The molecule has 0 amide bonds. The Bertz CT molecular complexity index is 616. The number of nitrogens with two attached hydrogens (primary N) is 1. The van der Waals surface area contributed by atoms with E-state index in [4.69, 9.17) is 17.3 Å². The molecule has 0 aliphatic heterocycles. The Balaban J connectivity index is 1.80. The summed E-state index contributed by atoms with van der Waals surface area (Å²) in [5, 5.41) is 12.7. The minimum Gasteiger partial charge on any atom is -0.399 e. The average molecular weight is 306 g/mol. The van der Waals surface area contributed by atoms with E-state index >= 15 is 0 Å². The van der Waals surface area contributed by atoms with Crippen LogP contribution in [0.4, 0.5) is 5.69 Å². The number of anilines is 1. The van der Waals surface area contributed by atoms with Gasteiger partial charge >= 0.3 is 0 Å². The number of nitrogens with zero attached hydrogens (tertiary/aromatic N) is 4. The van der Waals surface area contributed by atoms with Crippen molar-refractivity contribution in [1.29, 1.82) is 0 Å². The monoisotopic (exact) mass is 305 g/mol. The number of hydrogen-bond acceptors (Lipinski definition) is 4. The second kappa shape index (κ2) is 6.02. The quantitative estimate of drug-likeness (QED) is 0.882. The lowest BCUT2D eigenvalue weighted by Gasteiger charge is -2.26. The van der Waals surface area contributed by atoms with Crippen LogP contribution in [0.15, 0.2) is 18.2 Å². The molecule has 1 aliphatic rings. The summed E-state index contributed by atoms with van der Waals surface area (Å²) in [6.07, 6.45) is 5.08. The van der Waals surface area contributed by atoms with Gasteiger partial charge in [-0.25, -0.2) is 4.68 Å². The Kier molecular flexibility index (Phi) is 4.10. The van der Waals surface area contributed by atoms with Crippen LogP contribution in [0.3, 0.4) is 0 Å². The number of benzene rings is 1. The fraction of sp³-hybridized carbons (Fsp3) is 0.533. The summed E-state index contributed by atoms with van der Waals surface area (Å²) in [4.78, 5) is 0. The Labute approximate surface area is 129 Å². The molecule has 0 bridgehead atoms. The molecule has 0 saturated heterocycles. The molecule has 112 valence electrons. The smallest absolute Gasteiger partial charge is 0.183 e. The molecule has 5 nitrogen and oxygen atoms in total.